The lowest BCUT2D eigenvalue weighted by molar-refractivity contribution is 0.627. The molecule has 0 bridgehead atoms. The molecule has 0 fully saturated rings. The first kappa shape index (κ1) is 12.4. The van der Waals surface area contributed by atoms with E-state index >= 15 is 0 Å². The van der Waals surface area contributed by atoms with E-state index in [-0.39, 0.29) is 11.2 Å². The van der Waals surface area contributed by atoms with Crippen LogP contribution in [0, 0.1) is 5.82 Å². The molecule has 0 saturated heterocycles. The lowest BCUT2D eigenvalue weighted by atomic mass is 10.1. The van der Waals surface area contributed by atoms with Gasteiger partial charge in [-0.2, -0.15) is 0 Å². The zero-order valence-electron chi connectivity index (χ0n) is 10.7. The van der Waals surface area contributed by atoms with Gasteiger partial charge in [-0.25, -0.2) is 4.39 Å². The first-order valence-corrected chi connectivity index (χ1v) is 6.27. The van der Waals surface area contributed by atoms with Crippen molar-refractivity contribution in [3.8, 4) is 0 Å². The maximum atomic E-state index is 13.4. The summed E-state index contributed by atoms with van der Waals surface area (Å²) in [4.78, 5) is 12.3. The molecule has 0 amide bonds. The van der Waals surface area contributed by atoms with Crippen LogP contribution in [0.25, 0.3) is 10.8 Å². The highest BCUT2D eigenvalue weighted by atomic mass is 19.1. The predicted molar refractivity (Wildman–Crippen MR) is 78.1 cm³/mol. The highest BCUT2D eigenvalue weighted by Gasteiger charge is 2.05. The quantitative estimate of drug-likeness (QED) is 0.726. The van der Waals surface area contributed by atoms with Crippen molar-refractivity contribution >= 4 is 16.5 Å². The third-order valence-corrected chi connectivity index (χ3v) is 3.30. The molecular formula is C16H13FN2O. The second kappa shape index (κ2) is 4.81. The van der Waals surface area contributed by atoms with Crippen LogP contribution < -0.4 is 11.3 Å². The zero-order chi connectivity index (χ0) is 14.1. The zero-order valence-corrected chi connectivity index (χ0v) is 10.7. The number of hydrogen-bond donors (Lipinski definition) is 1. The molecule has 3 aromatic rings. The molecule has 100 valence electrons. The number of fused-ring (bicyclic) bond motifs is 1. The monoisotopic (exact) mass is 268 g/mol. The van der Waals surface area contributed by atoms with Gasteiger partial charge in [0.1, 0.15) is 5.82 Å². The Bertz CT molecular complexity index is 839. The smallest absolute Gasteiger partial charge is 0.258 e. The summed E-state index contributed by atoms with van der Waals surface area (Å²) in [5, 5.41) is 1.56. The van der Waals surface area contributed by atoms with E-state index in [1.807, 2.05) is 24.3 Å². The van der Waals surface area contributed by atoms with Crippen molar-refractivity contribution in [1.29, 1.82) is 0 Å². The minimum atomic E-state index is -0.462. The summed E-state index contributed by atoms with van der Waals surface area (Å²) in [6.07, 6.45) is 1.72. The van der Waals surface area contributed by atoms with E-state index in [4.69, 9.17) is 5.73 Å². The molecule has 1 heterocycles. The number of anilines is 1. The lowest BCUT2D eigenvalue weighted by Gasteiger charge is -2.08. The number of hydrogen-bond acceptors (Lipinski definition) is 2. The van der Waals surface area contributed by atoms with Gasteiger partial charge in [0.05, 0.1) is 12.2 Å². The summed E-state index contributed by atoms with van der Waals surface area (Å²) in [5.41, 5.74) is 6.17. The van der Waals surface area contributed by atoms with Crippen LogP contribution in [0.4, 0.5) is 10.1 Å². The highest BCUT2D eigenvalue weighted by molar-refractivity contribution is 5.81. The average molecular weight is 268 g/mol. The third-order valence-electron chi connectivity index (χ3n) is 3.30. The number of nitrogens with two attached hydrogens (primary N) is 1. The number of aromatic nitrogens is 1. The van der Waals surface area contributed by atoms with Crippen LogP contribution in [0.15, 0.2) is 59.5 Å². The fourth-order valence-electron chi connectivity index (χ4n) is 2.22. The molecule has 0 radical (unpaired) electrons. The number of nitrogen functional groups attached to an aromatic ring is 1. The standard InChI is InChI=1S/C16H13FN2O/c17-14-9-11(5-6-15(14)18)10-19-8-7-12-3-1-2-4-13(12)16(19)20/h1-9H,10,18H2. The SMILES string of the molecule is Nc1ccc(Cn2ccc3ccccc3c2=O)cc1F. The van der Waals surface area contributed by atoms with Crippen LogP contribution in [-0.2, 0) is 6.54 Å². The summed E-state index contributed by atoms with van der Waals surface area (Å²) in [7, 11) is 0. The molecule has 0 unspecified atom stereocenters. The molecule has 0 saturated carbocycles. The van der Waals surface area contributed by atoms with E-state index in [2.05, 4.69) is 0 Å². The summed E-state index contributed by atoms with van der Waals surface area (Å²) in [5.74, 6) is -0.462. The normalized spacial score (nSPS) is 10.8. The highest BCUT2D eigenvalue weighted by Crippen LogP contribution is 2.13. The number of benzene rings is 2. The molecule has 0 aliphatic heterocycles. The molecular weight excluding hydrogens is 255 g/mol. The molecule has 0 aliphatic rings. The van der Waals surface area contributed by atoms with E-state index in [1.165, 1.54) is 12.1 Å². The van der Waals surface area contributed by atoms with Crippen LogP contribution in [-0.4, -0.2) is 4.57 Å². The maximum Gasteiger partial charge on any atom is 0.258 e. The predicted octanol–water partition coefficient (Wildman–Crippen LogP) is 2.77. The summed E-state index contributed by atoms with van der Waals surface area (Å²) < 4.78 is 15.0. The van der Waals surface area contributed by atoms with Gasteiger partial charge in [-0.05, 0) is 35.2 Å². The lowest BCUT2D eigenvalue weighted by Crippen LogP contribution is -2.20. The molecule has 1 aromatic heterocycles. The van der Waals surface area contributed by atoms with Crippen molar-refractivity contribution in [2.45, 2.75) is 6.54 Å². The van der Waals surface area contributed by atoms with Gasteiger partial charge in [-0.1, -0.05) is 24.3 Å². The van der Waals surface area contributed by atoms with Crippen LogP contribution in [0.2, 0.25) is 0 Å². The third kappa shape index (κ3) is 2.16. The Morgan fingerprint density at radius 2 is 1.90 bits per heavy atom. The van der Waals surface area contributed by atoms with Gasteiger partial charge in [0.25, 0.3) is 5.56 Å². The minimum Gasteiger partial charge on any atom is -0.396 e. The second-order valence-corrected chi connectivity index (χ2v) is 4.69. The van der Waals surface area contributed by atoms with Crippen molar-refractivity contribution < 1.29 is 4.39 Å². The fraction of sp³-hybridized carbons (Fsp3) is 0.0625. The molecule has 2 aromatic carbocycles. The Labute approximate surface area is 115 Å². The Kier molecular flexibility index (Phi) is 2.99. The Balaban J connectivity index is 2.04. The largest absolute Gasteiger partial charge is 0.396 e. The van der Waals surface area contributed by atoms with Crippen molar-refractivity contribution in [1.82, 2.24) is 4.57 Å². The van der Waals surface area contributed by atoms with Crippen molar-refractivity contribution in [2.24, 2.45) is 0 Å². The molecule has 0 aliphatic carbocycles. The van der Waals surface area contributed by atoms with E-state index in [0.29, 0.717) is 17.5 Å². The molecule has 20 heavy (non-hydrogen) atoms. The van der Waals surface area contributed by atoms with E-state index in [0.717, 1.165) is 5.39 Å². The Hall–Kier alpha value is -2.62. The van der Waals surface area contributed by atoms with Gasteiger partial charge in [-0.15, -0.1) is 0 Å². The van der Waals surface area contributed by atoms with Gasteiger partial charge >= 0.3 is 0 Å². The number of pyridine rings is 1. The van der Waals surface area contributed by atoms with E-state index in [1.54, 1.807) is 22.9 Å². The van der Waals surface area contributed by atoms with Crippen LogP contribution >= 0.6 is 0 Å². The fourth-order valence-corrected chi connectivity index (χ4v) is 2.22. The van der Waals surface area contributed by atoms with Crippen LogP contribution in [0.3, 0.4) is 0 Å². The maximum absolute atomic E-state index is 13.4. The van der Waals surface area contributed by atoms with E-state index in [9.17, 15) is 9.18 Å². The molecule has 2 N–H and O–H groups in total. The van der Waals surface area contributed by atoms with Crippen molar-refractivity contribution in [3.63, 3.8) is 0 Å². The Morgan fingerprint density at radius 3 is 2.70 bits per heavy atom. The second-order valence-electron chi connectivity index (χ2n) is 4.69. The number of rotatable bonds is 2. The van der Waals surface area contributed by atoms with Gasteiger partial charge in [0.15, 0.2) is 0 Å². The first-order chi connectivity index (χ1) is 9.65. The topological polar surface area (TPSA) is 48.0 Å². The summed E-state index contributed by atoms with van der Waals surface area (Å²) in [6.45, 7) is 0.320. The molecule has 3 nitrogen and oxygen atoms in total. The van der Waals surface area contributed by atoms with Crippen LogP contribution in [0.5, 0.6) is 0 Å². The Morgan fingerprint density at radius 1 is 1.10 bits per heavy atom. The van der Waals surface area contributed by atoms with Gasteiger partial charge in [0, 0.05) is 11.6 Å². The van der Waals surface area contributed by atoms with E-state index < -0.39 is 5.82 Å². The summed E-state index contributed by atoms with van der Waals surface area (Å²) in [6, 6.07) is 13.9. The first-order valence-electron chi connectivity index (χ1n) is 6.27. The number of nitrogens with zero attached hydrogens (tertiary/aromatic N) is 1. The van der Waals surface area contributed by atoms with Crippen molar-refractivity contribution in [3.05, 3.63) is 76.5 Å². The van der Waals surface area contributed by atoms with Crippen molar-refractivity contribution in [2.75, 3.05) is 5.73 Å². The summed E-state index contributed by atoms with van der Waals surface area (Å²) >= 11 is 0. The van der Waals surface area contributed by atoms with Gasteiger partial charge in [-0.3, -0.25) is 4.79 Å². The number of halogens is 1. The van der Waals surface area contributed by atoms with Crippen LogP contribution in [0.1, 0.15) is 5.56 Å². The van der Waals surface area contributed by atoms with Gasteiger partial charge in [0.2, 0.25) is 0 Å². The van der Waals surface area contributed by atoms with Gasteiger partial charge < -0.3 is 10.3 Å². The molecule has 3 rings (SSSR count). The molecule has 0 atom stereocenters. The minimum absolute atomic E-state index is 0.0830. The molecule has 4 heteroatoms. The molecule has 0 spiro atoms. The average Bonchev–Trinajstić information content (AvgIpc) is 2.46.